The van der Waals surface area contributed by atoms with E-state index >= 15 is 0 Å². The Hall–Kier alpha value is -3.05. The number of fused-ring (bicyclic) bond motifs is 1. The van der Waals surface area contributed by atoms with Crippen LogP contribution in [0.15, 0.2) is 35.6 Å². The van der Waals surface area contributed by atoms with Crippen molar-refractivity contribution in [2.45, 2.75) is 61.6 Å². The normalized spacial score (nSPS) is 18.6. The smallest absolute Gasteiger partial charge is 0.229 e. The quantitative estimate of drug-likeness (QED) is 0.307. The lowest BCUT2D eigenvalue weighted by Gasteiger charge is -2.39. The van der Waals surface area contributed by atoms with Gasteiger partial charge in [-0.1, -0.05) is 19.3 Å². The molecule has 2 aliphatic rings. The van der Waals surface area contributed by atoms with Crippen LogP contribution in [0.5, 0.6) is 0 Å². The molecule has 2 saturated carbocycles. The first-order valence-electron chi connectivity index (χ1n) is 11.2. The highest BCUT2D eigenvalue weighted by Crippen LogP contribution is 2.42. The van der Waals surface area contributed by atoms with Gasteiger partial charge >= 0.3 is 0 Å². The predicted octanol–water partition coefficient (Wildman–Crippen LogP) is 3.41. The number of ether oxygens (including phenoxy) is 1. The highest BCUT2D eigenvalue weighted by molar-refractivity contribution is 7.82. The Morgan fingerprint density at radius 2 is 2.03 bits per heavy atom. The summed E-state index contributed by atoms with van der Waals surface area (Å²) in [5, 5.41) is 22.1. The Morgan fingerprint density at radius 1 is 1.24 bits per heavy atom. The van der Waals surface area contributed by atoms with Crippen LogP contribution in [0.2, 0.25) is 0 Å². The molecule has 3 heterocycles. The van der Waals surface area contributed by atoms with Crippen molar-refractivity contribution < 1.29 is 8.95 Å². The van der Waals surface area contributed by atoms with E-state index in [0.29, 0.717) is 22.7 Å². The first kappa shape index (κ1) is 21.8. The van der Waals surface area contributed by atoms with Gasteiger partial charge in [0.15, 0.2) is 0 Å². The van der Waals surface area contributed by atoms with Crippen LogP contribution >= 0.6 is 0 Å². The van der Waals surface area contributed by atoms with Gasteiger partial charge in [0, 0.05) is 17.6 Å². The molecule has 3 aromatic heterocycles. The standard InChI is InChI=1S/C22H28N8O2S/c1-32-20(23)22(9-3-2-4-10-22)30-17(27-15-5-6-15)11-14-12-26-21(29-19(14)30)28-16-7-8-18(25-13-16)33(24)31/h7-8,11-13,15,23,27H,2-6,9-10,24H2,1H3,(H,26,28,29). The Bertz CT molecular complexity index is 1200. The van der Waals surface area contributed by atoms with E-state index in [0.717, 1.165) is 61.8 Å². The van der Waals surface area contributed by atoms with Crippen molar-refractivity contribution in [1.29, 1.82) is 5.41 Å². The summed E-state index contributed by atoms with van der Waals surface area (Å²) >= 11 is 0. The second kappa shape index (κ2) is 8.71. The molecule has 1 atom stereocenters. The average Bonchev–Trinajstić information content (AvgIpc) is 3.57. The second-order valence-corrected chi connectivity index (χ2v) is 9.70. The van der Waals surface area contributed by atoms with Crippen molar-refractivity contribution in [2.75, 3.05) is 17.7 Å². The summed E-state index contributed by atoms with van der Waals surface area (Å²) in [5.74, 6) is 1.64. The van der Waals surface area contributed by atoms with Crippen molar-refractivity contribution in [3.63, 3.8) is 0 Å². The monoisotopic (exact) mass is 468 g/mol. The number of nitrogens with two attached hydrogens (primary N) is 1. The third kappa shape index (κ3) is 4.18. The van der Waals surface area contributed by atoms with Gasteiger partial charge in [-0.25, -0.2) is 19.3 Å². The molecule has 5 N–H and O–H groups in total. The van der Waals surface area contributed by atoms with Gasteiger partial charge in [-0.05, 0) is 43.9 Å². The molecule has 2 aliphatic carbocycles. The van der Waals surface area contributed by atoms with Crippen molar-refractivity contribution in [3.05, 3.63) is 30.6 Å². The van der Waals surface area contributed by atoms with Crippen LogP contribution in [0.1, 0.15) is 44.9 Å². The minimum Gasteiger partial charge on any atom is -0.483 e. The molecular weight excluding hydrogens is 440 g/mol. The minimum absolute atomic E-state index is 0.265. The highest BCUT2D eigenvalue weighted by Gasteiger charge is 2.43. The van der Waals surface area contributed by atoms with Crippen LogP contribution in [0.4, 0.5) is 17.5 Å². The van der Waals surface area contributed by atoms with Crippen LogP contribution < -0.4 is 15.8 Å². The van der Waals surface area contributed by atoms with Crippen LogP contribution in [-0.2, 0) is 21.3 Å². The zero-order valence-corrected chi connectivity index (χ0v) is 19.3. The van der Waals surface area contributed by atoms with E-state index in [1.54, 1.807) is 31.6 Å². The number of anilines is 3. The third-order valence-electron chi connectivity index (χ3n) is 6.40. The molecule has 0 bridgehead atoms. The Balaban J connectivity index is 1.58. The molecule has 0 amide bonds. The summed E-state index contributed by atoms with van der Waals surface area (Å²) < 4.78 is 19.1. The number of hydrogen-bond acceptors (Lipinski definition) is 8. The maximum Gasteiger partial charge on any atom is 0.229 e. The summed E-state index contributed by atoms with van der Waals surface area (Å²) in [4.78, 5) is 13.4. The highest BCUT2D eigenvalue weighted by atomic mass is 32.2. The van der Waals surface area contributed by atoms with Gasteiger partial charge in [0.25, 0.3) is 0 Å². The molecule has 0 aliphatic heterocycles. The first-order chi connectivity index (χ1) is 16.0. The molecule has 174 valence electrons. The van der Waals surface area contributed by atoms with E-state index in [1.807, 2.05) is 0 Å². The van der Waals surface area contributed by atoms with Crippen LogP contribution in [0.3, 0.4) is 0 Å². The first-order valence-corrected chi connectivity index (χ1v) is 12.4. The van der Waals surface area contributed by atoms with E-state index in [9.17, 15) is 4.21 Å². The molecular formula is C22H28N8O2S. The lowest BCUT2D eigenvalue weighted by molar-refractivity contribution is 0.228. The molecule has 1 unspecified atom stereocenters. The lowest BCUT2D eigenvalue weighted by atomic mass is 9.81. The second-order valence-electron chi connectivity index (χ2n) is 8.69. The van der Waals surface area contributed by atoms with Crippen molar-refractivity contribution in [3.8, 4) is 0 Å². The van der Waals surface area contributed by atoms with Gasteiger partial charge in [-0.3, -0.25) is 9.98 Å². The summed E-state index contributed by atoms with van der Waals surface area (Å²) in [6, 6.07) is 5.87. The maximum absolute atomic E-state index is 11.4. The van der Waals surface area contributed by atoms with Gasteiger partial charge in [0.1, 0.15) is 33.0 Å². The summed E-state index contributed by atoms with van der Waals surface area (Å²) in [7, 11) is -0.0535. The zero-order valence-electron chi connectivity index (χ0n) is 18.5. The van der Waals surface area contributed by atoms with E-state index in [1.165, 1.54) is 0 Å². The molecule has 0 saturated heterocycles. The van der Waals surface area contributed by atoms with Crippen LogP contribution in [0.25, 0.3) is 11.0 Å². The fourth-order valence-electron chi connectivity index (χ4n) is 4.61. The molecule has 5 rings (SSSR count). The van der Waals surface area contributed by atoms with E-state index in [4.69, 9.17) is 20.3 Å². The average molecular weight is 469 g/mol. The van der Waals surface area contributed by atoms with Gasteiger partial charge in [0.05, 0.1) is 19.0 Å². The fraction of sp³-hybridized carbons (Fsp3) is 0.455. The summed E-state index contributed by atoms with van der Waals surface area (Å²) in [5.41, 5.74) is 0.841. The predicted molar refractivity (Wildman–Crippen MR) is 128 cm³/mol. The molecule has 0 spiro atoms. The van der Waals surface area contributed by atoms with Crippen molar-refractivity contribution in [2.24, 2.45) is 5.14 Å². The summed E-state index contributed by atoms with van der Waals surface area (Å²) in [6.07, 6.45) is 10.5. The number of nitrogens with one attached hydrogen (secondary N) is 3. The summed E-state index contributed by atoms with van der Waals surface area (Å²) in [6.45, 7) is 0. The van der Waals surface area contributed by atoms with Crippen LogP contribution in [-0.4, -0.2) is 42.8 Å². The molecule has 0 aromatic carbocycles. The SMILES string of the molecule is COC(=N)C1(n2c(NC3CC3)cc3cnc(Nc4ccc(S(N)=O)nc4)nc32)CCCCC1. The molecule has 11 heteroatoms. The number of rotatable bonds is 7. The largest absolute Gasteiger partial charge is 0.483 e. The topological polar surface area (TPSA) is 144 Å². The van der Waals surface area contributed by atoms with Gasteiger partial charge in [0.2, 0.25) is 11.8 Å². The van der Waals surface area contributed by atoms with Gasteiger partial charge in [-0.15, -0.1) is 0 Å². The lowest BCUT2D eigenvalue weighted by Crippen LogP contribution is -2.44. The fourth-order valence-corrected chi connectivity index (χ4v) is 4.97. The van der Waals surface area contributed by atoms with Crippen molar-refractivity contribution >= 4 is 45.4 Å². The molecule has 0 radical (unpaired) electrons. The van der Waals surface area contributed by atoms with Crippen LogP contribution in [0, 0.1) is 5.41 Å². The van der Waals surface area contributed by atoms with E-state index in [-0.39, 0.29) is 5.90 Å². The van der Waals surface area contributed by atoms with E-state index in [2.05, 4.69) is 31.2 Å². The number of aromatic nitrogens is 4. The number of nitrogens with zero attached hydrogens (tertiary/aromatic N) is 4. The molecule has 2 fully saturated rings. The minimum atomic E-state index is -1.63. The molecule has 3 aromatic rings. The Labute approximate surface area is 194 Å². The Morgan fingerprint density at radius 3 is 2.67 bits per heavy atom. The Kier molecular flexibility index (Phi) is 5.75. The molecule has 10 nitrogen and oxygen atoms in total. The number of pyridine rings is 1. The third-order valence-corrected chi connectivity index (χ3v) is 7.06. The van der Waals surface area contributed by atoms with Gasteiger partial charge in [-0.2, -0.15) is 4.98 Å². The zero-order chi connectivity index (χ0) is 23.0. The van der Waals surface area contributed by atoms with Gasteiger partial charge < -0.3 is 15.4 Å². The maximum atomic E-state index is 11.4. The van der Waals surface area contributed by atoms with E-state index < -0.39 is 16.5 Å². The number of methoxy groups -OCH3 is 1. The molecule has 33 heavy (non-hydrogen) atoms. The van der Waals surface area contributed by atoms with Crippen molar-refractivity contribution in [1.82, 2.24) is 19.5 Å². The number of hydrogen-bond donors (Lipinski definition) is 4.